The lowest BCUT2D eigenvalue weighted by molar-refractivity contribution is 1.27. The number of benzene rings is 3. The predicted molar refractivity (Wildman–Crippen MR) is 99.0 cm³/mol. The standard InChI is InChI=1S/C21H17N3/c22-24-23-21(19-14-8-3-9-15-19)20(18-12-6-2-7-13-18)16-17-10-4-1-5-11-17/h1-15H,16H2/b21-20+. The van der Waals surface area contributed by atoms with Crippen LogP contribution < -0.4 is 0 Å². The molecular weight excluding hydrogens is 294 g/mol. The van der Waals surface area contributed by atoms with Crippen molar-refractivity contribution < 1.29 is 0 Å². The molecule has 3 aromatic carbocycles. The molecule has 3 rings (SSSR count). The van der Waals surface area contributed by atoms with E-state index >= 15 is 0 Å². The second-order valence-corrected chi connectivity index (χ2v) is 5.41. The van der Waals surface area contributed by atoms with Crippen molar-refractivity contribution in [2.75, 3.05) is 0 Å². The van der Waals surface area contributed by atoms with Gasteiger partial charge < -0.3 is 0 Å². The molecule has 0 saturated heterocycles. The van der Waals surface area contributed by atoms with Crippen LogP contribution in [0, 0.1) is 0 Å². The maximum absolute atomic E-state index is 9.08. The SMILES string of the molecule is [N-]=[N+]=N/C(=C(\Cc1ccccc1)c1ccccc1)c1ccccc1. The van der Waals surface area contributed by atoms with Crippen molar-refractivity contribution in [2.45, 2.75) is 6.42 Å². The van der Waals surface area contributed by atoms with Crippen molar-refractivity contribution in [3.05, 3.63) is 118 Å². The van der Waals surface area contributed by atoms with Crippen LogP contribution in [0.2, 0.25) is 0 Å². The lowest BCUT2D eigenvalue weighted by Crippen LogP contribution is -1.95. The van der Waals surface area contributed by atoms with Crippen molar-refractivity contribution in [1.29, 1.82) is 0 Å². The summed E-state index contributed by atoms with van der Waals surface area (Å²) in [6, 6.07) is 30.1. The largest absolute Gasteiger partial charge is 0.0622 e. The second-order valence-electron chi connectivity index (χ2n) is 5.41. The molecule has 0 aromatic heterocycles. The number of rotatable bonds is 5. The summed E-state index contributed by atoms with van der Waals surface area (Å²) in [5.41, 5.74) is 13.9. The Bertz CT molecular complexity index is 863. The highest BCUT2D eigenvalue weighted by Crippen LogP contribution is 2.30. The molecule has 0 aliphatic carbocycles. The van der Waals surface area contributed by atoms with Crippen molar-refractivity contribution in [3.63, 3.8) is 0 Å². The van der Waals surface area contributed by atoms with E-state index in [0.29, 0.717) is 12.1 Å². The first-order chi connectivity index (χ1) is 11.9. The normalized spacial score (nSPS) is 11.3. The van der Waals surface area contributed by atoms with Gasteiger partial charge in [0.25, 0.3) is 0 Å². The highest BCUT2D eigenvalue weighted by molar-refractivity contribution is 5.91. The number of azide groups is 1. The summed E-state index contributed by atoms with van der Waals surface area (Å²) in [5, 5.41) is 4.03. The van der Waals surface area contributed by atoms with E-state index in [1.165, 1.54) is 5.56 Å². The van der Waals surface area contributed by atoms with Gasteiger partial charge in [-0.15, -0.1) is 0 Å². The van der Waals surface area contributed by atoms with Gasteiger partial charge >= 0.3 is 0 Å². The van der Waals surface area contributed by atoms with E-state index in [-0.39, 0.29) is 0 Å². The highest BCUT2D eigenvalue weighted by Gasteiger charge is 2.11. The lowest BCUT2D eigenvalue weighted by Gasteiger charge is -2.13. The lowest BCUT2D eigenvalue weighted by atomic mass is 9.94. The van der Waals surface area contributed by atoms with Crippen LogP contribution in [-0.4, -0.2) is 0 Å². The van der Waals surface area contributed by atoms with Gasteiger partial charge in [-0.3, -0.25) is 0 Å². The number of hydrogen-bond donors (Lipinski definition) is 0. The van der Waals surface area contributed by atoms with Crippen LogP contribution in [0.1, 0.15) is 16.7 Å². The fourth-order valence-corrected chi connectivity index (χ4v) is 2.69. The maximum atomic E-state index is 9.08. The van der Waals surface area contributed by atoms with Crippen LogP contribution in [-0.2, 0) is 6.42 Å². The number of hydrogen-bond acceptors (Lipinski definition) is 1. The molecule has 0 aliphatic heterocycles. The zero-order valence-corrected chi connectivity index (χ0v) is 13.2. The van der Waals surface area contributed by atoms with Crippen molar-refractivity contribution in [1.82, 2.24) is 0 Å². The Kier molecular flexibility index (Phi) is 5.08. The van der Waals surface area contributed by atoms with E-state index < -0.39 is 0 Å². The molecule has 0 saturated carbocycles. The molecule has 116 valence electrons. The number of allylic oxidation sites excluding steroid dienone is 1. The van der Waals surface area contributed by atoms with E-state index in [1.807, 2.05) is 78.9 Å². The molecule has 0 aliphatic rings. The third kappa shape index (κ3) is 3.72. The molecule has 0 fully saturated rings. The van der Waals surface area contributed by atoms with Gasteiger partial charge in [0.1, 0.15) is 0 Å². The first kappa shape index (κ1) is 15.6. The fourth-order valence-electron chi connectivity index (χ4n) is 2.69. The average Bonchev–Trinajstić information content (AvgIpc) is 2.67. The average molecular weight is 311 g/mol. The van der Waals surface area contributed by atoms with Crippen LogP contribution in [0.4, 0.5) is 0 Å². The summed E-state index contributed by atoms with van der Waals surface area (Å²) in [7, 11) is 0. The molecule has 0 spiro atoms. The smallest absolute Gasteiger partial charge is 0.0489 e. The predicted octanol–water partition coefficient (Wildman–Crippen LogP) is 6.11. The van der Waals surface area contributed by atoms with Crippen molar-refractivity contribution >= 4 is 11.3 Å². The number of nitrogens with zero attached hydrogens (tertiary/aromatic N) is 3. The molecule has 3 aromatic rings. The second kappa shape index (κ2) is 7.82. The fraction of sp³-hybridized carbons (Fsp3) is 0.0476. The molecule has 3 heteroatoms. The van der Waals surface area contributed by atoms with E-state index in [0.717, 1.165) is 16.7 Å². The Hall–Kier alpha value is -3.29. The van der Waals surface area contributed by atoms with Gasteiger partial charge in [-0.25, -0.2) is 0 Å². The van der Waals surface area contributed by atoms with Crippen molar-refractivity contribution in [2.24, 2.45) is 5.11 Å². The minimum atomic E-state index is 0.674. The molecule has 0 radical (unpaired) electrons. The molecule has 0 N–H and O–H groups in total. The van der Waals surface area contributed by atoms with Crippen LogP contribution in [0.5, 0.6) is 0 Å². The monoisotopic (exact) mass is 311 g/mol. The Morgan fingerprint density at radius 2 is 1.21 bits per heavy atom. The summed E-state index contributed by atoms with van der Waals surface area (Å²) >= 11 is 0. The summed E-state index contributed by atoms with van der Waals surface area (Å²) in [4.78, 5) is 3.07. The molecule has 0 bridgehead atoms. The van der Waals surface area contributed by atoms with Gasteiger partial charge in [0.05, 0.1) is 0 Å². The third-order valence-electron chi connectivity index (χ3n) is 3.82. The van der Waals surface area contributed by atoms with E-state index in [1.54, 1.807) is 0 Å². The molecular formula is C21H17N3. The van der Waals surface area contributed by atoms with Gasteiger partial charge in [-0.05, 0) is 34.2 Å². The summed E-state index contributed by atoms with van der Waals surface area (Å²) < 4.78 is 0. The Balaban J connectivity index is 2.19. The summed E-state index contributed by atoms with van der Waals surface area (Å²) in [5.74, 6) is 0. The topological polar surface area (TPSA) is 48.8 Å². The highest BCUT2D eigenvalue weighted by atomic mass is 15.1. The van der Waals surface area contributed by atoms with Crippen LogP contribution >= 0.6 is 0 Å². The summed E-state index contributed by atoms with van der Waals surface area (Å²) in [6.07, 6.45) is 0.702. The molecule has 3 nitrogen and oxygen atoms in total. The van der Waals surface area contributed by atoms with E-state index in [4.69, 9.17) is 5.53 Å². The third-order valence-corrected chi connectivity index (χ3v) is 3.82. The maximum Gasteiger partial charge on any atom is 0.0489 e. The Morgan fingerprint density at radius 3 is 1.75 bits per heavy atom. The zero-order chi connectivity index (χ0) is 16.6. The molecule has 0 atom stereocenters. The molecule has 0 heterocycles. The van der Waals surface area contributed by atoms with Gasteiger partial charge in [-0.2, -0.15) is 0 Å². The molecule has 0 unspecified atom stereocenters. The zero-order valence-electron chi connectivity index (χ0n) is 13.2. The van der Waals surface area contributed by atoms with Crippen molar-refractivity contribution in [3.8, 4) is 0 Å². The van der Waals surface area contributed by atoms with Gasteiger partial charge in [-0.1, -0.05) is 96.1 Å². The summed E-state index contributed by atoms with van der Waals surface area (Å²) in [6.45, 7) is 0. The first-order valence-electron chi connectivity index (χ1n) is 7.81. The van der Waals surface area contributed by atoms with Gasteiger partial charge in [0, 0.05) is 10.6 Å². The molecule has 0 amide bonds. The minimum Gasteiger partial charge on any atom is -0.0622 e. The quantitative estimate of drug-likeness (QED) is 0.236. The minimum absolute atomic E-state index is 0.674. The Labute approximate surface area is 141 Å². The van der Waals surface area contributed by atoms with Crippen LogP contribution in [0.25, 0.3) is 21.7 Å². The van der Waals surface area contributed by atoms with Gasteiger partial charge in [0.2, 0.25) is 0 Å². The van der Waals surface area contributed by atoms with E-state index in [9.17, 15) is 0 Å². The van der Waals surface area contributed by atoms with Crippen LogP contribution in [0.15, 0.2) is 96.1 Å². The van der Waals surface area contributed by atoms with Gasteiger partial charge in [0.15, 0.2) is 0 Å². The van der Waals surface area contributed by atoms with E-state index in [2.05, 4.69) is 22.2 Å². The first-order valence-corrected chi connectivity index (χ1v) is 7.81. The van der Waals surface area contributed by atoms with Crippen LogP contribution in [0.3, 0.4) is 0 Å². The Morgan fingerprint density at radius 1 is 0.708 bits per heavy atom. The molecule has 24 heavy (non-hydrogen) atoms.